The molecule has 1 aromatic rings. The van der Waals surface area contributed by atoms with E-state index in [0.29, 0.717) is 12.0 Å². The first-order valence-corrected chi connectivity index (χ1v) is 7.02. The van der Waals surface area contributed by atoms with Crippen molar-refractivity contribution in [1.29, 1.82) is 0 Å². The Labute approximate surface area is 115 Å². The van der Waals surface area contributed by atoms with Crippen LogP contribution in [0.15, 0.2) is 30.3 Å². The third-order valence-corrected chi connectivity index (χ3v) is 3.74. The highest BCUT2D eigenvalue weighted by molar-refractivity contribution is 5.67. The number of amides is 1. The van der Waals surface area contributed by atoms with Crippen LogP contribution in [0, 0.1) is 5.41 Å². The van der Waals surface area contributed by atoms with Crippen LogP contribution in [0.2, 0.25) is 0 Å². The molecule has 1 fully saturated rings. The van der Waals surface area contributed by atoms with Crippen LogP contribution in [0.1, 0.15) is 45.1 Å². The Morgan fingerprint density at radius 3 is 2.79 bits per heavy atom. The molecule has 1 aromatic carbocycles. The molecule has 104 valence electrons. The average molecular weight is 261 g/mol. The van der Waals surface area contributed by atoms with Crippen molar-refractivity contribution in [2.45, 2.75) is 52.2 Å². The van der Waals surface area contributed by atoms with Crippen LogP contribution >= 0.6 is 0 Å². The van der Waals surface area contributed by atoms with Crippen molar-refractivity contribution in [2.75, 3.05) is 0 Å². The minimum Gasteiger partial charge on any atom is -0.445 e. The fraction of sp³-hybridized carbons (Fsp3) is 0.562. The summed E-state index contributed by atoms with van der Waals surface area (Å²) < 4.78 is 5.25. The summed E-state index contributed by atoms with van der Waals surface area (Å²) in [6.07, 6.45) is 4.21. The Balaban J connectivity index is 1.75. The maximum atomic E-state index is 11.8. The summed E-state index contributed by atoms with van der Waals surface area (Å²) in [4.78, 5) is 11.8. The SMILES string of the molecule is CC1(C)CCC[C@H](NC(=O)OCc2ccccc2)C1. The lowest BCUT2D eigenvalue weighted by Gasteiger charge is -2.35. The van der Waals surface area contributed by atoms with Crippen molar-refractivity contribution in [3.63, 3.8) is 0 Å². The topological polar surface area (TPSA) is 38.3 Å². The van der Waals surface area contributed by atoms with Gasteiger partial charge in [-0.15, -0.1) is 0 Å². The summed E-state index contributed by atoms with van der Waals surface area (Å²) in [5.41, 5.74) is 1.34. The van der Waals surface area contributed by atoms with E-state index < -0.39 is 0 Å². The third-order valence-electron chi connectivity index (χ3n) is 3.74. The molecule has 1 amide bonds. The molecule has 0 aliphatic heterocycles. The van der Waals surface area contributed by atoms with Crippen molar-refractivity contribution in [2.24, 2.45) is 5.41 Å². The number of alkyl carbamates (subject to hydrolysis) is 1. The van der Waals surface area contributed by atoms with Gasteiger partial charge >= 0.3 is 6.09 Å². The van der Waals surface area contributed by atoms with E-state index in [1.807, 2.05) is 30.3 Å². The van der Waals surface area contributed by atoms with E-state index in [4.69, 9.17) is 4.74 Å². The molecule has 0 bridgehead atoms. The summed E-state index contributed by atoms with van der Waals surface area (Å²) in [6, 6.07) is 10.0. The molecule has 0 spiro atoms. The van der Waals surface area contributed by atoms with Gasteiger partial charge in [0.15, 0.2) is 0 Å². The van der Waals surface area contributed by atoms with Gasteiger partial charge in [-0.2, -0.15) is 0 Å². The van der Waals surface area contributed by atoms with Gasteiger partial charge in [0.1, 0.15) is 6.61 Å². The Kier molecular flexibility index (Phi) is 4.46. The van der Waals surface area contributed by atoms with Crippen molar-refractivity contribution < 1.29 is 9.53 Å². The van der Waals surface area contributed by atoms with E-state index in [9.17, 15) is 4.79 Å². The minimum absolute atomic E-state index is 0.257. The summed E-state index contributed by atoms with van der Waals surface area (Å²) in [5.74, 6) is 0. The summed E-state index contributed by atoms with van der Waals surface area (Å²) in [7, 11) is 0. The summed E-state index contributed by atoms with van der Waals surface area (Å²) in [5, 5.41) is 2.98. The maximum absolute atomic E-state index is 11.8. The van der Waals surface area contributed by atoms with Gasteiger partial charge < -0.3 is 10.1 Å². The van der Waals surface area contributed by atoms with Gasteiger partial charge in [0.05, 0.1) is 0 Å². The average Bonchev–Trinajstić information content (AvgIpc) is 2.36. The summed E-state index contributed by atoms with van der Waals surface area (Å²) in [6.45, 7) is 4.86. The molecule has 0 radical (unpaired) electrons. The van der Waals surface area contributed by atoms with Gasteiger partial charge in [0, 0.05) is 6.04 Å². The molecule has 0 aromatic heterocycles. The number of hydrogen-bond donors (Lipinski definition) is 1. The highest BCUT2D eigenvalue weighted by atomic mass is 16.5. The van der Waals surface area contributed by atoms with Crippen molar-refractivity contribution in [3.05, 3.63) is 35.9 Å². The second kappa shape index (κ2) is 6.09. The Bertz CT molecular complexity index is 414. The van der Waals surface area contributed by atoms with Gasteiger partial charge in [0.25, 0.3) is 0 Å². The van der Waals surface area contributed by atoms with Gasteiger partial charge in [-0.1, -0.05) is 50.6 Å². The molecule has 3 heteroatoms. The second-order valence-corrected chi connectivity index (χ2v) is 6.16. The van der Waals surface area contributed by atoms with Gasteiger partial charge in [0.2, 0.25) is 0 Å². The number of nitrogens with one attached hydrogen (secondary N) is 1. The molecule has 19 heavy (non-hydrogen) atoms. The van der Waals surface area contributed by atoms with Gasteiger partial charge in [-0.05, 0) is 30.2 Å². The quantitative estimate of drug-likeness (QED) is 0.896. The zero-order chi connectivity index (χ0) is 13.7. The van der Waals surface area contributed by atoms with Crippen LogP contribution < -0.4 is 5.32 Å². The molecule has 1 N–H and O–H groups in total. The number of carbonyl (C=O) groups is 1. The van der Waals surface area contributed by atoms with Gasteiger partial charge in [-0.3, -0.25) is 0 Å². The first kappa shape index (κ1) is 13.9. The zero-order valence-corrected chi connectivity index (χ0v) is 11.8. The Morgan fingerprint density at radius 2 is 2.11 bits per heavy atom. The predicted molar refractivity (Wildman–Crippen MR) is 75.8 cm³/mol. The number of ether oxygens (including phenoxy) is 1. The zero-order valence-electron chi connectivity index (χ0n) is 11.8. The lowest BCUT2D eigenvalue weighted by atomic mass is 9.75. The first-order valence-electron chi connectivity index (χ1n) is 7.02. The monoisotopic (exact) mass is 261 g/mol. The van der Waals surface area contributed by atoms with E-state index in [0.717, 1.165) is 18.4 Å². The highest BCUT2D eigenvalue weighted by Gasteiger charge is 2.28. The molecule has 0 unspecified atom stereocenters. The fourth-order valence-electron chi connectivity index (χ4n) is 2.75. The molecule has 1 saturated carbocycles. The standard InChI is InChI=1S/C16H23NO2/c1-16(2)10-6-9-14(11-16)17-15(18)19-12-13-7-4-3-5-8-13/h3-5,7-8,14H,6,9-12H2,1-2H3,(H,17,18)/t14-/m0/s1. The summed E-state index contributed by atoms with van der Waals surface area (Å²) >= 11 is 0. The number of rotatable bonds is 3. The molecule has 1 atom stereocenters. The number of hydrogen-bond acceptors (Lipinski definition) is 2. The molecule has 0 heterocycles. The van der Waals surface area contributed by atoms with Crippen LogP contribution in [-0.4, -0.2) is 12.1 Å². The smallest absolute Gasteiger partial charge is 0.407 e. The lowest BCUT2D eigenvalue weighted by molar-refractivity contribution is 0.124. The number of carbonyl (C=O) groups excluding carboxylic acids is 1. The predicted octanol–water partition coefficient (Wildman–Crippen LogP) is 3.88. The third kappa shape index (κ3) is 4.58. The maximum Gasteiger partial charge on any atom is 0.407 e. The molecule has 0 saturated heterocycles. The van der Waals surface area contributed by atoms with E-state index in [-0.39, 0.29) is 12.1 Å². The fourth-order valence-corrected chi connectivity index (χ4v) is 2.75. The lowest BCUT2D eigenvalue weighted by Crippen LogP contribution is -2.40. The Morgan fingerprint density at radius 1 is 1.37 bits per heavy atom. The molecule has 1 aliphatic carbocycles. The molecule has 3 nitrogen and oxygen atoms in total. The van der Waals surface area contributed by atoms with Crippen LogP contribution in [0.25, 0.3) is 0 Å². The second-order valence-electron chi connectivity index (χ2n) is 6.16. The van der Waals surface area contributed by atoms with Crippen molar-refractivity contribution in [1.82, 2.24) is 5.32 Å². The van der Waals surface area contributed by atoms with Crippen LogP contribution in [-0.2, 0) is 11.3 Å². The van der Waals surface area contributed by atoms with E-state index in [2.05, 4.69) is 19.2 Å². The molecule has 2 rings (SSSR count). The normalized spacial score (nSPS) is 21.7. The van der Waals surface area contributed by atoms with Crippen LogP contribution in [0.3, 0.4) is 0 Å². The largest absolute Gasteiger partial charge is 0.445 e. The molecule has 1 aliphatic rings. The van der Waals surface area contributed by atoms with Crippen LogP contribution in [0.5, 0.6) is 0 Å². The van der Waals surface area contributed by atoms with Gasteiger partial charge in [-0.25, -0.2) is 4.79 Å². The van der Waals surface area contributed by atoms with Crippen molar-refractivity contribution >= 4 is 6.09 Å². The van der Waals surface area contributed by atoms with Crippen molar-refractivity contribution in [3.8, 4) is 0 Å². The van der Waals surface area contributed by atoms with E-state index in [1.54, 1.807) is 0 Å². The van der Waals surface area contributed by atoms with E-state index in [1.165, 1.54) is 12.8 Å². The minimum atomic E-state index is -0.299. The Hall–Kier alpha value is -1.51. The van der Waals surface area contributed by atoms with Crippen LogP contribution in [0.4, 0.5) is 4.79 Å². The molecular formula is C16H23NO2. The van der Waals surface area contributed by atoms with E-state index >= 15 is 0 Å². The first-order chi connectivity index (χ1) is 9.05. The molecular weight excluding hydrogens is 238 g/mol. The number of benzene rings is 1. The highest BCUT2D eigenvalue weighted by Crippen LogP contribution is 2.35.